The third-order valence-corrected chi connectivity index (χ3v) is 11.1. The van der Waals surface area contributed by atoms with Gasteiger partial charge in [-0.25, -0.2) is 39.9 Å². The third kappa shape index (κ3) is 4.78. The van der Waals surface area contributed by atoms with Crippen molar-refractivity contribution in [3.05, 3.63) is 171 Å². The molecule has 0 aliphatic heterocycles. The highest BCUT2D eigenvalue weighted by Gasteiger charge is 2.25. The van der Waals surface area contributed by atoms with Crippen LogP contribution in [-0.4, -0.2) is 39.9 Å². The summed E-state index contributed by atoms with van der Waals surface area (Å²) in [6, 6.07) is 42.7. The molecule has 0 spiro atoms. The summed E-state index contributed by atoms with van der Waals surface area (Å²) in [5.74, 6) is 0. The Morgan fingerprint density at radius 1 is 0.276 bits per heavy atom. The Morgan fingerprint density at radius 3 is 0.914 bits per heavy atom. The number of hydrogen-bond acceptors (Lipinski definition) is 10. The van der Waals surface area contributed by atoms with E-state index in [4.69, 9.17) is 19.9 Å². The Kier molecular flexibility index (Phi) is 6.99. The first-order valence-electron chi connectivity index (χ1n) is 18.9. The molecular weight excluding hydrogens is 717 g/mol. The van der Waals surface area contributed by atoms with Crippen LogP contribution in [-0.2, 0) is 0 Å². The lowest BCUT2D eigenvalue weighted by atomic mass is 9.91. The topological polar surface area (TPSA) is 110 Å². The predicted octanol–water partition coefficient (Wildman–Crippen LogP) is 11.3. The Bertz CT molecular complexity index is 3160. The number of hydrogen-bond donors (Lipinski definition) is 0. The zero-order valence-corrected chi connectivity index (χ0v) is 30.6. The summed E-state index contributed by atoms with van der Waals surface area (Å²) >= 11 is 0. The number of aromatic nitrogens is 8. The largest absolute Gasteiger partial charge is 0.305 e. The molecule has 0 amide bonds. The van der Waals surface area contributed by atoms with E-state index in [0.717, 1.165) is 110 Å². The Morgan fingerprint density at radius 2 is 0.586 bits per heavy atom. The van der Waals surface area contributed by atoms with Crippen molar-refractivity contribution in [1.29, 1.82) is 0 Å². The molecule has 0 radical (unpaired) electrons. The molecule has 10 nitrogen and oxygen atoms in total. The van der Waals surface area contributed by atoms with Crippen LogP contribution < -0.4 is 9.80 Å². The lowest BCUT2D eigenvalue weighted by Gasteiger charge is -2.30. The van der Waals surface area contributed by atoms with Gasteiger partial charge in [0.05, 0.1) is 56.2 Å². The molecule has 0 N–H and O–H groups in total. The molecule has 0 aliphatic carbocycles. The molecule has 10 heteroatoms. The molecule has 12 aromatic rings. The molecule has 0 saturated carbocycles. The van der Waals surface area contributed by atoms with E-state index in [0.29, 0.717) is 0 Å². The summed E-state index contributed by atoms with van der Waals surface area (Å²) in [4.78, 5) is 41.2. The summed E-state index contributed by atoms with van der Waals surface area (Å²) in [7, 11) is 0. The first-order valence-corrected chi connectivity index (χ1v) is 18.9. The lowest BCUT2D eigenvalue weighted by molar-refractivity contribution is 1.20. The van der Waals surface area contributed by atoms with Crippen molar-refractivity contribution in [2.75, 3.05) is 9.80 Å². The van der Waals surface area contributed by atoms with Gasteiger partial charge in [0, 0.05) is 57.1 Å². The third-order valence-electron chi connectivity index (χ3n) is 11.1. The fourth-order valence-corrected chi connectivity index (χ4v) is 8.65. The average molecular weight is 745 g/mol. The van der Waals surface area contributed by atoms with Gasteiger partial charge in [0.2, 0.25) is 0 Å². The standard InChI is InChI=1S/C48H28N10/c1-5-31-21-49-25-53-45(31)39(9-1)57(40-10-2-6-32-22-50-26-54-46(32)40)37-19-15-29-14-18-36-38(20-16-30-13-17-35(37)43(29)44(30)36)58(41-11-3-7-33-23-51-27-55-47(33)41)42-12-4-8-34-24-52-28-56-48(34)42/h1-28H. The molecule has 0 fully saturated rings. The van der Waals surface area contributed by atoms with Crippen LogP contribution in [0, 0.1) is 0 Å². The molecular formula is C48H28N10. The Balaban J connectivity index is 1.17. The van der Waals surface area contributed by atoms with Crippen LogP contribution in [0.4, 0.5) is 34.1 Å². The van der Waals surface area contributed by atoms with Crippen LogP contribution in [0.3, 0.4) is 0 Å². The number of benzene rings is 8. The van der Waals surface area contributed by atoms with E-state index < -0.39 is 0 Å². The maximum atomic E-state index is 4.82. The molecule has 4 heterocycles. The molecule has 58 heavy (non-hydrogen) atoms. The zero-order valence-electron chi connectivity index (χ0n) is 30.6. The molecule has 4 aromatic heterocycles. The number of anilines is 6. The summed E-state index contributed by atoms with van der Waals surface area (Å²) in [6.07, 6.45) is 13.9. The van der Waals surface area contributed by atoms with Crippen LogP contribution in [0.25, 0.3) is 75.9 Å². The second-order valence-corrected chi connectivity index (χ2v) is 14.2. The highest BCUT2D eigenvalue weighted by atomic mass is 15.2. The minimum atomic E-state index is 0.838. The highest BCUT2D eigenvalue weighted by molar-refractivity contribution is 6.29. The highest BCUT2D eigenvalue weighted by Crippen LogP contribution is 2.50. The number of para-hydroxylation sites is 4. The van der Waals surface area contributed by atoms with Crippen molar-refractivity contribution in [1.82, 2.24) is 39.9 Å². The fraction of sp³-hybridized carbons (Fsp3) is 0. The van der Waals surface area contributed by atoms with E-state index in [1.54, 1.807) is 25.3 Å². The second-order valence-electron chi connectivity index (χ2n) is 14.2. The van der Waals surface area contributed by atoms with Crippen LogP contribution in [0.1, 0.15) is 0 Å². The van der Waals surface area contributed by atoms with Crippen LogP contribution in [0.15, 0.2) is 171 Å². The molecule has 0 aliphatic rings. The molecule has 8 aromatic carbocycles. The van der Waals surface area contributed by atoms with Crippen molar-refractivity contribution in [3.8, 4) is 0 Å². The molecule has 0 unspecified atom stereocenters. The van der Waals surface area contributed by atoms with Crippen LogP contribution >= 0.6 is 0 Å². The fourth-order valence-electron chi connectivity index (χ4n) is 8.65. The minimum Gasteiger partial charge on any atom is -0.305 e. The van der Waals surface area contributed by atoms with Gasteiger partial charge in [0.1, 0.15) is 25.3 Å². The molecule has 12 rings (SSSR count). The summed E-state index contributed by atoms with van der Waals surface area (Å²) < 4.78 is 0. The van der Waals surface area contributed by atoms with E-state index >= 15 is 0 Å². The van der Waals surface area contributed by atoms with Gasteiger partial charge in [-0.05, 0) is 57.9 Å². The van der Waals surface area contributed by atoms with E-state index in [2.05, 4.69) is 127 Å². The molecule has 0 saturated heterocycles. The van der Waals surface area contributed by atoms with Crippen LogP contribution in [0.2, 0.25) is 0 Å². The van der Waals surface area contributed by atoms with Gasteiger partial charge in [-0.3, -0.25) is 0 Å². The normalized spacial score (nSPS) is 11.8. The molecule has 0 atom stereocenters. The number of rotatable bonds is 6. The second kappa shape index (κ2) is 12.7. The Labute approximate surface area is 330 Å². The minimum absolute atomic E-state index is 0.838. The predicted molar refractivity (Wildman–Crippen MR) is 232 cm³/mol. The maximum Gasteiger partial charge on any atom is 0.116 e. The zero-order chi connectivity index (χ0) is 38.2. The van der Waals surface area contributed by atoms with Crippen molar-refractivity contribution >= 4 is 110 Å². The van der Waals surface area contributed by atoms with Gasteiger partial charge in [0.25, 0.3) is 0 Å². The first kappa shape index (κ1) is 32.0. The number of nitrogens with zero attached hydrogens (tertiary/aromatic N) is 10. The van der Waals surface area contributed by atoms with Crippen molar-refractivity contribution in [2.45, 2.75) is 0 Å². The van der Waals surface area contributed by atoms with Gasteiger partial charge >= 0.3 is 0 Å². The van der Waals surface area contributed by atoms with E-state index in [9.17, 15) is 0 Å². The van der Waals surface area contributed by atoms with E-state index in [-0.39, 0.29) is 0 Å². The number of fused-ring (bicyclic) bond motifs is 4. The lowest BCUT2D eigenvalue weighted by Crippen LogP contribution is -2.13. The van der Waals surface area contributed by atoms with Gasteiger partial charge < -0.3 is 9.80 Å². The Hall–Kier alpha value is -8.24. The van der Waals surface area contributed by atoms with Crippen molar-refractivity contribution in [3.63, 3.8) is 0 Å². The van der Waals surface area contributed by atoms with Crippen molar-refractivity contribution in [2.24, 2.45) is 0 Å². The molecule has 0 bridgehead atoms. The van der Waals surface area contributed by atoms with Gasteiger partial charge in [-0.1, -0.05) is 84.9 Å². The summed E-state index contributed by atoms with van der Waals surface area (Å²) in [5.41, 5.74) is 9.03. The SMILES string of the molecule is c1cc(N(c2ccc3ccc4c(N(c5cccc6cncnc56)c5cccc6cncnc56)ccc5ccc2c3c54)c2cccc3cncnc23)c2ncncc2c1. The molecule has 270 valence electrons. The van der Waals surface area contributed by atoms with Gasteiger partial charge in [-0.15, -0.1) is 0 Å². The van der Waals surface area contributed by atoms with Gasteiger partial charge in [0.15, 0.2) is 0 Å². The van der Waals surface area contributed by atoms with Gasteiger partial charge in [-0.2, -0.15) is 0 Å². The summed E-state index contributed by atoms with van der Waals surface area (Å²) in [5, 5.41) is 10.5. The van der Waals surface area contributed by atoms with Crippen molar-refractivity contribution < 1.29 is 0 Å². The maximum absolute atomic E-state index is 4.82. The van der Waals surface area contributed by atoms with E-state index in [1.807, 2.05) is 49.1 Å². The first-order chi connectivity index (χ1) is 28.8. The average Bonchev–Trinajstić information content (AvgIpc) is 3.29. The summed E-state index contributed by atoms with van der Waals surface area (Å²) in [6.45, 7) is 0. The quantitative estimate of drug-likeness (QED) is 0.153. The van der Waals surface area contributed by atoms with E-state index in [1.165, 1.54) is 0 Å². The monoisotopic (exact) mass is 744 g/mol. The van der Waals surface area contributed by atoms with Crippen LogP contribution in [0.5, 0.6) is 0 Å². The smallest absolute Gasteiger partial charge is 0.116 e.